The number of nitrogens with zero attached hydrogens (tertiary/aromatic N) is 1. The Morgan fingerprint density at radius 3 is 2.20 bits per heavy atom. The van der Waals surface area contributed by atoms with Gasteiger partial charge in [0, 0.05) is 7.05 Å². The summed E-state index contributed by atoms with van der Waals surface area (Å²) in [5.41, 5.74) is 0.941. The Kier molecular flexibility index (Phi) is 5.74. The lowest BCUT2D eigenvalue weighted by Gasteiger charge is -2.30. The van der Waals surface area contributed by atoms with Crippen LogP contribution in [0.5, 0.6) is 0 Å². The predicted molar refractivity (Wildman–Crippen MR) is 78.5 cm³/mol. The number of carboxylic acids is 1. The Balaban J connectivity index is 3.06. The number of likely N-dealkylation sites (N-methyl/N-ethyl adjacent to an activating group) is 1. The molecule has 4 nitrogen and oxygen atoms in total. The van der Waals surface area contributed by atoms with Crippen molar-refractivity contribution in [1.29, 1.82) is 0 Å². The van der Waals surface area contributed by atoms with Gasteiger partial charge in [0.2, 0.25) is 5.91 Å². The van der Waals surface area contributed by atoms with Crippen molar-refractivity contribution in [2.45, 2.75) is 39.2 Å². The van der Waals surface area contributed by atoms with E-state index in [1.54, 1.807) is 7.05 Å². The molecule has 20 heavy (non-hydrogen) atoms. The zero-order valence-corrected chi connectivity index (χ0v) is 12.5. The maximum absolute atomic E-state index is 12.7. The van der Waals surface area contributed by atoms with Gasteiger partial charge in [-0.1, -0.05) is 50.6 Å². The van der Waals surface area contributed by atoms with E-state index in [0.29, 0.717) is 0 Å². The molecule has 1 rings (SSSR count). The molecule has 0 bridgehead atoms. The lowest BCUT2D eigenvalue weighted by atomic mass is 9.84. The largest absolute Gasteiger partial charge is 0.480 e. The highest BCUT2D eigenvalue weighted by Gasteiger charge is 2.32. The first-order valence-corrected chi connectivity index (χ1v) is 6.94. The van der Waals surface area contributed by atoms with E-state index in [0.717, 1.165) is 12.0 Å². The molecule has 0 saturated carbocycles. The van der Waals surface area contributed by atoms with Crippen molar-refractivity contribution in [3.63, 3.8) is 0 Å². The molecule has 4 heteroatoms. The lowest BCUT2D eigenvalue weighted by Crippen LogP contribution is -2.43. The summed E-state index contributed by atoms with van der Waals surface area (Å²) in [6, 6.07) is 8.74. The van der Waals surface area contributed by atoms with Crippen LogP contribution in [0, 0.1) is 5.92 Å². The van der Waals surface area contributed by atoms with Crippen LogP contribution in [0.4, 0.5) is 0 Å². The average Bonchev–Trinajstić information content (AvgIpc) is 2.46. The van der Waals surface area contributed by atoms with Gasteiger partial charge in [-0.3, -0.25) is 4.79 Å². The van der Waals surface area contributed by atoms with Crippen LogP contribution in [0.1, 0.15) is 38.7 Å². The van der Waals surface area contributed by atoms with Crippen LogP contribution in [-0.4, -0.2) is 35.0 Å². The van der Waals surface area contributed by atoms with Crippen molar-refractivity contribution in [2.24, 2.45) is 5.92 Å². The van der Waals surface area contributed by atoms with Crippen LogP contribution in [0.3, 0.4) is 0 Å². The van der Waals surface area contributed by atoms with Gasteiger partial charge in [0.15, 0.2) is 0 Å². The third-order valence-electron chi connectivity index (χ3n) is 3.92. The molecule has 0 aliphatic heterocycles. The topological polar surface area (TPSA) is 57.6 Å². The summed E-state index contributed by atoms with van der Waals surface area (Å²) in [4.78, 5) is 25.0. The molecule has 3 atom stereocenters. The fourth-order valence-corrected chi connectivity index (χ4v) is 2.19. The highest BCUT2D eigenvalue weighted by Crippen LogP contribution is 2.29. The smallest absolute Gasteiger partial charge is 0.326 e. The summed E-state index contributed by atoms with van der Waals surface area (Å²) in [5.74, 6) is -1.27. The Morgan fingerprint density at radius 1 is 1.20 bits per heavy atom. The Labute approximate surface area is 120 Å². The van der Waals surface area contributed by atoms with Crippen molar-refractivity contribution >= 4 is 11.9 Å². The van der Waals surface area contributed by atoms with Crippen LogP contribution < -0.4 is 0 Å². The van der Waals surface area contributed by atoms with Gasteiger partial charge in [0.25, 0.3) is 0 Å². The number of carbonyl (C=O) groups is 2. The molecule has 0 aliphatic carbocycles. The molecular weight excluding hydrogens is 254 g/mol. The summed E-state index contributed by atoms with van der Waals surface area (Å²) >= 11 is 0. The standard InChI is InChI=1S/C16H23NO3/c1-5-11(2)14(13-9-7-6-8-10-13)15(18)17(4)12(3)16(19)20/h6-12,14H,5H2,1-4H3,(H,19,20). The summed E-state index contributed by atoms with van der Waals surface area (Å²) in [6.45, 7) is 5.59. The summed E-state index contributed by atoms with van der Waals surface area (Å²) < 4.78 is 0. The monoisotopic (exact) mass is 277 g/mol. The molecule has 0 fully saturated rings. The Hall–Kier alpha value is -1.84. The number of amides is 1. The second-order valence-electron chi connectivity index (χ2n) is 5.24. The van der Waals surface area contributed by atoms with Crippen LogP contribution in [0.15, 0.2) is 30.3 Å². The third-order valence-corrected chi connectivity index (χ3v) is 3.92. The van der Waals surface area contributed by atoms with E-state index in [2.05, 4.69) is 0 Å². The summed E-state index contributed by atoms with van der Waals surface area (Å²) in [5, 5.41) is 9.06. The van der Waals surface area contributed by atoms with E-state index < -0.39 is 12.0 Å². The summed E-state index contributed by atoms with van der Waals surface area (Å²) in [6.07, 6.45) is 0.862. The van der Waals surface area contributed by atoms with Crippen molar-refractivity contribution in [1.82, 2.24) is 4.90 Å². The maximum atomic E-state index is 12.7. The van der Waals surface area contributed by atoms with Gasteiger partial charge >= 0.3 is 5.97 Å². The molecule has 0 saturated heterocycles. The molecule has 0 spiro atoms. The second kappa shape index (κ2) is 7.08. The van der Waals surface area contributed by atoms with Gasteiger partial charge in [-0.15, -0.1) is 0 Å². The van der Waals surface area contributed by atoms with Gasteiger partial charge < -0.3 is 10.0 Å². The van der Waals surface area contributed by atoms with Crippen molar-refractivity contribution < 1.29 is 14.7 Å². The number of rotatable bonds is 6. The van der Waals surface area contributed by atoms with E-state index >= 15 is 0 Å². The van der Waals surface area contributed by atoms with E-state index in [9.17, 15) is 9.59 Å². The van der Waals surface area contributed by atoms with Gasteiger partial charge in [0.05, 0.1) is 5.92 Å². The third kappa shape index (κ3) is 3.59. The predicted octanol–water partition coefficient (Wildman–Crippen LogP) is 2.75. The Bertz CT molecular complexity index is 458. The highest BCUT2D eigenvalue weighted by molar-refractivity contribution is 5.88. The first kappa shape index (κ1) is 16.2. The van der Waals surface area contributed by atoms with Crippen LogP contribution >= 0.6 is 0 Å². The number of carbonyl (C=O) groups excluding carboxylic acids is 1. The first-order chi connectivity index (χ1) is 9.40. The second-order valence-corrected chi connectivity index (χ2v) is 5.24. The molecular formula is C16H23NO3. The van der Waals surface area contributed by atoms with Crippen molar-refractivity contribution in [3.8, 4) is 0 Å². The fraction of sp³-hybridized carbons (Fsp3) is 0.500. The van der Waals surface area contributed by atoms with Crippen molar-refractivity contribution in [2.75, 3.05) is 7.05 Å². The molecule has 0 radical (unpaired) electrons. The average molecular weight is 277 g/mol. The molecule has 1 aromatic carbocycles. The van der Waals surface area contributed by atoms with Crippen LogP contribution in [0.25, 0.3) is 0 Å². The Morgan fingerprint density at radius 2 is 1.75 bits per heavy atom. The minimum Gasteiger partial charge on any atom is -0.480 e. The molecule has 1 N–H and O–H groups in total. The molecule has 0 heterocycles. The molecule has 0 aromatic heterocycles. The van der Waals surface area contributed by atoms with E-state index in [-0.39, 0.29) is 17.7 Å². The van der Waals surface area contributed by atoms with Gasteiger partial charge in [-0.05, 0) is 18.4 Å². The number of benzene rings is 1. The normalized spacial score (nSPS) is 15.2. The van der Waals surface area contributed by atoms with Crippen LogP contribution in [-0.2, 0) is 9.59 Å². The first-order valence-electron chi connectivity index (χ1n) is 6.94. The minimum absolute atomic E-state index is 0.138. The van der Waals surface area contributed by atoms with E-state index in [1.165, 1.54) is 11.8 Å². The number of hydrogen-bond acceptors (Lipinski definition) is 2. The molecule has 110 valence electrons. The number of aliphatic carboxylic acids is 1. The van der Waals surface area contributed by atoms with Gasteiger partial charge in [0.1, 0.15) is 6.04 Å². The minimum atomic E-state index is -0.989. The molecule has 0 aliphatic rings. The zero-order valence-electron chi connectivity index (χ0n) is 12.5. The molecule has 1 amide bonds. The zero-order chi connectivity index (χ0) is 15.3. The molecule has 1 aromatic rings. The van der Waals surface area contributed by atoms with E-state index in [1.807, 2.05) is 44.2 Å². The summed E-state index contributed by atoms with van der Waals surface area (Å²) in [7, 11) is 1.56. The van der Waals surface area contributed by atoms with Crippen LogP contribution in [0.2, 0.25) is 0 Å². The lowest BCUT2D eigenvalue weighted by molar-refractivity contribution is -0.149. The highest BCUT2D eigenvalue weighted by atomic mass is 16.4. The van der Waals surface area contributed by atoms with Crippen molar-refractivity contribution in [3.05, 3.63) is 35.9 Å². The quantitative estimate of drug-likeness (QED) is 0.869. The van der Waals surface area contributed by atoms with E-state index in [4.69, 9.17) is 5.11 Å². The van der Waals surface area contributed by atoms with Gasteiger partial charge in [-0.2, -0.15) is 0 Å². The SMILES string of the molecule is CCC(C)C(C(=O)N(C)C(C)C(=O)O)c1ccccc1. The fourth-order valence-electron chi connectivity index (χ4n) is 2.19. The number of carboxylic acid groups (broad SMARTS) is 1. The molecule has 3 unspecified atom stereocenters. The maximum Gasteiger partial charge on any atom is 0.326 e. The van der Waals surface area contributed by atoms with Gasteiger partial charge in [-0.25, -0.2) is 4.79 Å². The number of hydrogen-bond donors (Lipinski definition) is 1.